The Hall–Kier alpha value is -1.56. The molecule has 128 valence electrons. The minimum absolute atomic E-state index is 0.0754. The monoisotopic (exact) mass is 320 g/mol. The van der Waals surface area contributed by atoms with Crippen molar-refractivity contribution in [2.45, 2.75) is 57.6 Å². The van der Waals surface area contributed by atoms with Gasteiger partial charge in [0.25, 0.3) is 0 Å². The third kappa shape index (κ3) is 2.96. The first-order chi connectivity index (χ1) is 11.1. The number of aryl methyl sites for hydroxylation is 1. The molecule has 0 aromatic carbocycles. The summed E-state index contributed by atoms with van der Waals surface area (Å²) in [6.07, 6.45) is 9.21. The molecule has 6 nitrogen and oxygen atoms in total. The van der Waals surface area contributed by atoms with Crippen LogP contribution in [0.25, 0.3) is 0 Å². The molecule has 1 heterocycles. The van der Waals surface area contributed by atoms with Gasteiger partial charge in [-0.1, -0.05) is 19.3 Å². The van der Waals surface area contributed by atoms with Gasteiger partial charge in [-0.2, -0.15) is 5.10 Å². The van der Waals surface area contributed by atoms with Gasteiger partial charge in [0.15, 0.2) is 5.82 Å². The van der Waals surface area contributed by atoms with Crippen molar-refractivity contribution in [2.24, 2.45) is 12.5 Å². The molecule has 1 spiro atoms. The zero-order valence-electron chi connectivity index (χ0n) is 14.4. The average molecular weight is 320 g/mol. The van der Waals surface area contributed by atoms with E-state index in [0.717, 1.165) is 13.0 Å². The lowest BCUT2D eigenvalue weighted by molar-refractivity contribution is -0.169. The Bertz CT molecular complexity index is 551. The topological polar surface area (TPSA) is 59.4 Å². The van der Waals surface area contributed by atoms with Crippen LogP contribution in [0, 0.1) is 5.41 Å². The van der Waals surface area contributed by atoms with Crippen molar-refractivity contribution in [3.05, 3.63) is 12.3 Å². The minimum Gasteiger partial charge on any atom is -0.378 e. The van der Waals surface area contributed by atoms with Crippen molar-refractivity contribution in [2.75, 3.05) is 19.0 Å². The predicted octanol–water partition coefficient (Wildman–Crippen LogP) is 3.01. The molecule has 2 atom stereocenters. The molecule has 0 aliphatic heterocycles. The summed E-state index contributed by atoms with van der Waals surface area (Å²) in [7, 11) is 3.75. The van der Waals surface area contributed by atoms with Gasteiger partial charge in [-0.05, 0) is 26.2 Å². The van der Waals surface area contributed by atoms with Gasteiger partial charge in [0.05, 0.1) is 6.10 Å². The lowest BCUT2D eigenvalue weighted by Crippen LogP contribution is -2.66. The van der Waals surface area contributed by atoms with Gasteiger partial charge in [0, 0.05) is 44.4 Å². The summed E-state index contributed by atoms with van der Waals surface area (Å²) in [4.78, 5) is 14.4. The van der Waals surface area contributed by atoms with Gasteiger partial charge in [0.1, 0.15) is 0 Å². The Kier molecular flexibility index (Phi) is 4.62. The number of nitrogens with one attached hydrogen (secondary N) is 1. The Morgan fingerprint density at radius 3 is 2.83 bits per heavy atom. The SMILES string of the molecule is CCO[C@H]1C[C@H](N(C)C(=O)Nc2ccn(C)n2)C12CCCCC2. The largest absolute Gasteiger partial charge is 0.378 e. The number of aromatic nitrogens is 2. The minimum atomic E-state index is -0.0754. The highest BCUT2D eigenvalue weighted by molar-refractivity contribution is 5.88. The van der Waals surface area contributed by atoms with E-state index in [-0.39, 0.29) is 17.5 Å². The van der Waals surface area contributed by atoms with Crippen LogP contribution in [-0.4, -0.2) is 46.5 Å². The summed E-state index contributed by atoms with van der Waals surface area (Å²) in [5.74, 6) is 0.600. The molecular weight excluding hydrogens is 292 g/mol. The number of ether oxygens (including phenoxy) is 1. The molecule has 0 bridgehead atoms. The fraction of sp³-hybridized carbons (Fsp3) is 0.765. The maximum Gasteiger partial charge on any atom is 0.323 e. The molecule has 2 saturated carbocycles. The molecule has 0 unspecified atom stereocenters. The summed E-state index contributed by atoms with van der Waals surface area (Å²) in [5, 5.41) is 7.11. The van der Waals surface area contributed by atoms with Crippen molar-refractivity contribution < 1.29 is 9.53 Å². The van der Waals surface area contributed by atoms with Crippen molar-refractivity contribution in [1.82, 2.24) is 14.7 Å². The Morgan fingerprint density at radius 2 is 2.22 bits per heavy atom. The quantitative estimate of drug-likeness (QED) is 0.927. The Morgan fingerprint density at radius 1 is 1.48 bits per heavy atom. The molecule has 23 heavy (non-hydrogen) atoms. The number of carbonyl (C=O) groups is 1. The van der Waals surface area contributed by atoms with Crippen molar-refractivity contribution >= 4 is 11.8 Å². The molecule has 2 aliphatic rings. The lowest BCUT2D eigenvalue weighted by atomic mass is 9.54. The Balaban J connectivity index is 1.68. The van der Waals surface area contributed by atoms with Crippen LogP contribution in [0.4, 0.5) is 10.6 Å². The predicted molar refractivity (Wildman–Crippen MR) is 89.3 cm³/mol. The van der Waals surface area contributed by atoms with Gasteiger partial charge in [-0.25, -0.2) is 4.79 Å². The number of nitrogens with zero attached hydrogens (tertiary/aromatic N) is 3. The van der Waals surface area contributed by atoms with E-state index in [1.807, 2.05) is 31.3 Å². The first kappa shape index (κ1) is 16.3. The highest BCUT2D eigenvalue weighted by atomic mass is 16.5. The highest BCUT2D eigenvalue weighted by Gasteiger charge is 2.57. The summed E-state index contributed by atoms with van der Waals surface area (Å²) in [6, 6.07) is 2.00. The van der Waals surface area contributed by atoms with Crippen LogP contribution >= 0.6 is 0 Å². The zero-order valence-corrected chi connectivity index (χ0v) is 14.4. The van der Waals surface area contributed by atoms with E-state index in [9.17, 15) is 4.79 Å². The molecule has 1 aromatic rings. The molecule has 2 fully saturated rings. The standard InChI is InChI=1S/C17H28N4O2/c1-4-23-14-12-13(17(14)9-6-5-7-10-17)21(3)16(22)18-15-8-11-20(2)19-15/h8,11,13-14H,4-7,9-10,12H2,1-3H3,(H,18,19,22)/t13-,14-/m0/s1. The van der Waals surface area contributed by atoms with Crippen molar-refractivity contribution in [1.29, 1.82) is 0 Å². The van der Waals surface area contributed by atoms with E-state index in [1.165, 1.54) is 32.1 Å². The lowest BCUT2D eigenvalue weighted by Gasteiger charge is -2.60. The summed E-state index contributed by atoms with van der Waals surface area (Å²) >= 11 is 0. The molecule has 0 radical (unpaired) electrons. The van der Waals surface area contributed by atoms with E-state index < -0.39 is 0 Å². The number of amides is 2. The van der Waals surface area contributed by atoms with E-state index >= 15 is 0 Å². The van der Waals surface area contributed by atoms with Crippen LogP contribution in [0.1, 0.15) is 45.4 Å². The summed E-state index contributed by atoms with van der Waals surface area (Å²) in [5.41, 5.74) is 0.157. The van der Waals surface area contributed by atoms with E-state index in [1.54, 1.807) is 4.68 Å². The fourth-order valence-electron chi connectivity index (χ4n) is 4.39. The molecule has 1 aromatic heterocycles. The first-order valence-corrected chi connectivity index (χ1v) is 8.72. The fourth-order valence-corrected chi connectivity index (χ4v) is 4.39. The zero-order chi connectivity index (χ0) is 16.4. The second-order valence-electron chi connectivity index (χ2n) is 6.91. The van der Waals surface area contributed by atoms with Crippen LogP contribution in [0.3, 0.4) is 0 Å². The molecule has 1 N–H and O–H groups in total. The first-order valence-electron chi connectivity index (χ1n) is 8.72. The van der Waals surface area contributed by atoms with Crippen LogP contribution < -0.4 is 5.32 Å². The number of rotatable bonds is 4. The molecule has 6 heteroatoms. The second kappa shape index (κ2) is 6.51. The Labute approximate surface area is 138 Å². The maximum absolute atomic E-state index is 12.6. The van der Waals surface area contributed by atoms with Crippen LogP contribution in [0.5, 0.6) is 0 Å². The molecule has 3 rings (SSSR count). The van der Waals surface area contributed by atoms with Crippen LogP contribution in [-0.2, 0) is 11.8 Å². The van der Waals surface area contributed by atoms with Crippen molar-refractivity contribution in [3.63, 3.8) is 0 Å². The maximum atomic E-state index is 12.6. The average Bonchev–Trinajstić information content (AvgIpc) is 2.96. The smallest absolute Gasteiger partial charge is 0.323 e. The summed E-state index contributed by atoms with van der Waals surface area (Å²) < 4.78 is 7.67. The second-order valence-corrected chi connectivity index (χ2v) is 6.91. The van der Waals surface area contributed by atoms with Gasteiger partial charge >= 0.3 is 6.03 Å². The number of hydrogen-bond donors (Lipinski definition) is 1. The number of anilines is 1. The van der Waals surface area contributed by atoms with Gasteiger partial charge in [-0.3, -0.25) is 10.00 Å². The third-order valence-corrected chi connectivity index (χ3v) is 5.63. The van der Waals surface area contributed by atoms with E-state index in [2.05, 4.69) is 17.3 Å². The summed E-state index contributed by atoms with van der Waals surface area (Å²) in [6.45, 7) is 2.81. The van der Waals surface area contributed by atoms with Gasteiger partial charge in [-0.15, -0.1) is 0 Å². The normalized spacial score (nSPS) is 25.9. The third-order valence-electron chi connectivity index (χ3n) is 5.63. The van der Waals surface area contributed by atoms with Gasteiger partial charge < -0.3 is 9.64 Å². The van der Waals surface area contributed by atoms with E-state index in [0.29, 0.717) is 11.9 Å². The van der Waals surface area contributed by atoms with Crippen molar-refractivity contribution in [3.8, 4) is 0 Å². The number of urea groups is 1. The highest BCUT2D eigenvalue weighted by Crippen LogP contribution is 2.55. The number of carbonyl (C=O) groups excluding carboxylic acids is 1. The van der Waals surface area contributed by atoms with E-state index in [4.69, 9.17) is 4.74 Å². The van der Waals surface area contributed by atoms with Crippen LogP contribution in [0.2, 0.25) is 0 Å². The van der Waals surface area contributed by atoms with Crippen LogP contribution in [0.15, 0.2) is 12.3 Å². The van der Waals surface area contributed by atoms with Gasteiger partial charge in [0.2, 0.25) is 0 Å². The molecule has 0 saturated heterocycles. The number of hydrogen-bond acceptors (Lipinski definition) is 3. The molecule has 2 aliphatic carbocycles. The molecular formula is C17H28N4O2. The molecule has 2 amide bonds.